The molecular formula is C10H7NO3S. The monoisotopic (exact) mass is 221 g/mol. The van der Waals surface area contributed by atoms with Crippen LogP contribution in [0.2, 0.25) is 0 Å². The topological polar surface area (TPSA) is 59.3 Å². The first-order valence-electron chi connectivity index (χ1n) is 4.21. The number of rotatable bonds is 2. The fourth-order valence-electron chi connectivity index (χ4n) is 1.05. The van der Waals surface area contributed by atoms with E-state index in [2.05, 4.69) is 5.32 Å². The predicted octanol–water partition coefficient (Wildman–Crippen LogP) is 2.16. The molecule has 2 heterocycles. The van der Waals surface area contributed by atoms with Crippen molar-refractivity contribution >= 4 is 29.0 Å². The quantitative estimate of drug-likeness (QED) is 0.777. The number of allylic oxidation sites excluding steroid dienone is 2. The van der Waals surface area contributed by atoms with Gasteiger partial charge in [-0.05, 0) is 36.0 Å². The van der Waals surface area contributed by atoms with Crippen LogP contribution in [-0.4, -0.2) is 11.1 Å². The van der Waals surface area contributed by atoms with E-state index in [0.717, 1.165) is 11.8 Å². The molecule has 1 aliphatic heterocycles. The maximum Gasteiger partial charge on any atom is 0.290 e. The highest BCUT2D eigenvalue weighted by atomic mass is 32.2. The van der Waals surface area contributed by atoms with Gasteiger partial charge in [-0.15, -0.1) is 0 Å². The molecule has 0 bridgehead atoms. The fourth-order valence-corrected chi connectivity index (χ4v) is 1.69. The number of thioether (sulfide) groups is 1. The molecule has 0 unspecified atom stereocenters. The molecule has 0 aromatic carbocycles. The van der Waals surface area contributed by atoms with Gasteiger partial charge in [0.25, 0.3) is 11.1 Å². The van der Waals surface area contributed by atoms with Gasteiger partial charge in [0.2, 0.25) is 0 Å². The van der Waals surface area contributed by atoms with Crippen molar-refractivity contribution in [3.05, 3.63) is 41.2 Å². The van der Waals surface area contributed by atoms with Gasteiger partial charge in [0.05, 0.1) is 11.2 Å². The molecule has 15 heavy (non-hydrogen) atoms. The van der Waals surface area contributed by atoms with Gasteiger partial charge in [-0.1, -0.05) is 6.08 Å². The number of nitrogens with one attached hydrogen (secondary N) is 1. The lowest BCUT2D eigenvalue weighted by atomic mass is 10.3. The average molecular weight is 221 g/mol. The van der Waals surface area contributed by atoms with Crippen LogP contribution in [0.25, 0.3) is 6.08 Å². The molecule has 0 atom stereocenters. The Morgan fingerprint density at radius 1 is 1.40 bits per heavy atom. The van der Waals surface area contributed by atoms with Crippen molar-refractivity contribution in [1.82, 2.24) is 5.32 Å². The summed E-state index contributed by atoms with van der Waals surface area (Å²) in [7, 11) is 0. The minimum atomic E-state index is -0.353. The van der Waals surface area contributed by atoms with E-state index in [4.69, 9.17) is 4.42 Å². The summed E-state index contributed by atoms with van der Waals surface area (Å²) in [4.78, 5) is 22.3. The minimum absolute atomic E-state index is 0.336. The third-order valence-corrected chi connectivity index (χ3v) is 2.52. The number of hydrogen-bond donors (Lipinski definition) is 1. The van der Waals surface area contributed by atoms with E-state index in [1.807, 2.05) is 0 Å². The summed E-state index contributed by atoms with van der Waals surface area (Å²) in [5.41, 5.74) is 0. The van der Waals surface area contributed by atoms with Gasteiger partial charge < -0.3 is 4.42 Å². The Kier molecular flexibility index (Phi) is 2.73. The van der Waals surface area contributed by atoms with Gasteiger partial charge in [0, 0.05) is 0 Å². The molecule has 4 nitrogen and oxygen atoms in total. The van der Waals surface area contributed by atoms with E-state index in [1.54, 1.807) is 36.6 Å². The Bertz CT molecular complexity index is 445. The largest absolute Gasteiger partial charge is 0.465 e. The second-order valence-corrected chi connectivity index (χ2v) is 3.76. The highest BCUT2D eigenvalue weighted by Gasteiger charge is 2.24. The summed E-state index contributed by atoms with van der Waals surface area (Å²) in [6, 6.07) is 3.56. The summed E-state index contributed by atoms with van der Waals surface area (Å²) < 4.78 is 5.06. The molecule has 1 aromatic heterocycles. The van der Waals surface area contributed by atoms with Crippen LogP contribution in [0, 0.1) is 0 Å². The second-order valence-electron chi connectivity index (χ2n) is 2.75. The normalized spacial score (nSPS) is 19.1. The van der Waals surface area contributed by atoms with Crippen LogP contribution in [0.15, 0.2) is 39.9 Å². The summed E-state index contributed by atoms with van der Waals surface area (Å²) in [6.07, 6.45) is 6.52. The summed E-state index contributed by atoms with van der Waals surface area (Å²) >= 11 is 0.891. The number of carbonyl (C=O) groups is 2. The molecular weight excluding hydrogens is 214 g/mol. The third kappa shape index (κ3) is 2.38. The van der Waals surface area contributed by atoms with E-state index >= 15 is 0 Å². The Morgan fingerprint density at radius 2 is 2.27 bits per heavy atom. The average Bonchev–Trinajstić information content (AvgIpc) is 2.77. The molecule has 0 aliphatic carbocycles. The number of hydrogen-bond acceptors (Lipinski definition) is 4. The second kappa shape index (κ2) is 4.18. The molecule has 5 heteroatoms. The van der Waals surface area contributed by atoms with Crippen molar-refractivity contribution in [3.63, 3.8) is 0 Å². The van der Waals surface area contributed by atoms with Crippen LogP contribution in [0.3, 0.4) is 0 Å². The first-order valence-corrected chi connectivity index (χ1v) is 5.02. The van der Waals surface area contributed by atoms with Gasteiger partial charge in [-0.2, -0.15) is 0 Å². The Hall–Kier alpha value is -1.75. The van der Waals surface area contributed by atoms with Crippen molar-refractivity contribution in [3.8, 4) is 0 Å². The predicted molar refractivity (Wildman–Crippen MR) is 57.0 cm³/mol. The number of imide groups is 1. The van der Waals surface area contributed by atoms with E-state index in [1.165, 1.54) is 0 Å². The molecule has 0 saturated carbocycles. The Morgan fingerprint density at radius 3 is 2.87 bits per heavy atom. The smallest absolute Gasteiger partial charge is 0.290 e. The zero-order valence-corrected chi connectivity index (χ0v) is 8.41. The highest BCUT2D eigenvalue weighted by molar-refractivity contribution is 8.18. The molecule has 2 rings (SSSR count). The van der Waals surface area contributed by atoms with Crippen LogP contribution in [-0.2, 0) is 4.79 Å². The van der Waals surface area contributed by atoms with Gasteiger partial charge in [-0.3, -0.25) is 14.9 Å². The third-order valence-electron chi connectivity index (χ3n) is 1.69. The molecule has 1 aromatic rings. The summed E-state index contributed by atoms with van der Waals surface area (Å²) in [6.45, 7) is 0. The van der Waals surface area contributed by atoms with E-state index < -0.39 is 0 Å². The van der Waals surface area contributed by atoms with Crippen molar-refractivity contribution < 1.29 is 14.0 Å². The van der Waals surface area contributed by atoms with Crippen molar-refractivity contribution in [2.45, 2.75) is 0 Å². The Labute approximate surface area is 90.0 Å². The number of furan rings is 1. The number of amides is 2. The maximum atomic E-state index is 11.1. The number of carbonyl (C=O) groups excluding carboxylic acids is 2. The summed E-state index contributed by atoms with van der Waals surface area (Å²) in [5, 5.41) is 1.83. The fraction of sp³-hybridized carbons (Fsp3) is 0. The van der Waals surface area contributed by atoms with Crippen molar-refractivity contribution in [2.24, 2.45) is 0 Å². The lowest BCUT2D eigenvalue weighted by Crippen LogP contribution is -2.17. The Balaban J connectivity index is 2.06. The summed E-state index contributed by atoms with van der Waals surface area (Å²) in [5.74, 6) is 0.343. The van der Waals surface area contributed by atoms with Crippen LogP contribution >= 0.6 is 11.8 Å². The van der Waals surface area contributed by atoms with Crippen LogP contribution in [0.1, 0.15) is 5.76 Å². The molecule has 76 valence electrons. The van der Waals surface area contributed by atoms with Gasteiger partial charge in [-0.25, -0.2) is 0 Å². The molecule has 1 N–H and O–H groups in total. The van der Waals surface area contributed by atoms with Gasteiger partial charge >= 0.3 is 0 Å². The van der Waals surface area contributed by atoms with Crippen LogP contribution in [0.4, 0.5) is 4.79 Å². The lowest BCUT2D eigenvalue weighted by molar-refractivity contribution is -0.115. The lowest BCUT2D eigenvalue weighted by Gasteiger charge is -1.85. The van der Waals surface area contributed by atoms with Crippen LogP contribution < -0.4 is 5.32 Å². The molecule has 1 fully saturated rings. The first kappa shape index (κ1) is 9.79. The molecule has 2 amide bonds. The zero-order valence-electron chi connectivity index (χ0n) is 7.60. The molecule has 0 radical (unpaired) electrons. The van der Waals surface area contributed by atoms with Crippen molar-refractivity contribution in [2.75, 3.05) is 0 Å². The SMILES string of the molecule is O=C1NC(=O)/C(=C/C=Cc2ccco2)S1. The standard InChI is InChI=1S/C10H7NO3S/c12-9-8(15-10(13)11-9)5-1-3-7-4-2-6-14-7/h1-6H,(H,11,12,13)/b3-1?,8-5-. The zero-order chi connectivity index (χ0) is 10.7. The van der Waals surface area contributed by atoms with E-state index in [-0.39, 0.29) is 11.1 Å². The first-order chi connectivity index (χ1) is 7.25. The highest BCUT2D eigenvalue weighted by Crippen LogP contribution is 2.22. The maximum absolute atomic E-state index is 11.1. The minimum Gasteiger partial charge on any atom is -0.465 e. The van der Waals surface area contributed by atoms with Gasteiger partial charge in [0.1, 0.15) is 5.76 Å². The molecule has 1 aliphatic rings. The van der Waals surface area contributed by atoms with E-state index in [9.17, 15) is 9.59 Å². The molecule has 0 spiro atoms. The van der Waals surface area contributed by atoms with E-state index in [0.29, 0.717) is 10.7 Å². The van der Waals surface area contributed by atoms with Crippen molar-refractivity contribution in [1.29, 1.82) is 0 Å². The van der Waals surface area contributed by atoms with Crippen LogP contribution in [0.5, 0.6) is 0 Å². The molecule has 1 saturated heterocycles. The van der Waals surface area contributed by atoms with Gasteiger partial charge in [0.15, 0.2) is 0 Å².